The largest absolute Gasteiger partial charge is 0.372 e. The molecule has 2 aromatic carbocycles. The van der Waals surface area contributed by atoms with Gasteiger partial charge in [0, 0.05) is 35.7 Å². The fourth-order valence-electron chi connectivity index (χ4n) is 3.59. The molecule has 2 amide bonds. The second-order valence-corrected chi connectivity index (χ2v) is 8.36. The maximum Gasteiger partial charge on any atom is 0.265 e. The Labute approximate surface area is 180 Å². The first kappa shape index (κ1) is 20.2. The average molecular weight is 420 g/mol. The Balaban J connectivity index is 1.34. The third-order valence-electron chi connectivity index (χ3n) is 5.25. The molecule has 4 rings (SSSR count). The van der Waals surface area contributed by atoms with E-state index in [-0.39, 0.29) is 11.8 Å². The first-order valence-electron chi connectivity index (χ1n) is 10.3. The fourth-order valence-corrected chi connectivity index (χ4v) is 4.21. The van der Waals surface area contributed by atoms with Crippen molar-refractivity contribution in [1.82, 2.24) is 0 Å². The van der Waals surface area contributed by atoms with Gasteiger partial charge in [0.15, 0.2) is 0 Å². The molecule has 6 heteroatoms. The maximum absolute atomic E-state index is 12.6. The average Bonchev–Trinajstić information content (AvgIpc) is 3.18. The quantitative estimate of drug-likeness (QED) is 0.563. The predicted molar refractivity (Wildman–Crippen MR) is 124 cm³/mol. The van der Waals surface area contributed by atoms with E-state index in [1.807, 2.05) is 23.6 Å². The highest BCUT2D eigenvalue weighted by molar-refractivity contribution is 7.12. The molecule has 3 aromatic rings. The normalized spacial score (nSPS) is 14.1. The van der Waals surface area contributed by atoms with E-state index < -0.39 is 0 Å². The topological polar surface area (TPSA) is 61.4 Å². The summed E-state index contributed by atoms with van der Waals surface area (Å²) in [5.74, 6) is -0.319. The predicted octanol–water partition coefficient (Wildman–Crippen LogP) is 5.63. The van der Waals surface area contributed by atoms with Crippen LogP contribution in [0.2, 0.25) is 0 Å². The van der Waals surface area contributed by atoms with E-state index in [2.05, 4.69) is 27.7 Å². The van der Waals surface area contributed by atoms with Gasteiger partial charge >= 0.3 is 0 Å². The lowest BCUT2D eigenvalue weighted by atomic mass is 10.2. The van der Waals surface area contributed by atoms with Crippen molar-refractivity contribution >= 4 is 40.2 Å². The molecule has 5 nitrogen and oxygen atoms in total. The Morgan fingerprint density at radius 2 is 1.33 bits per heavy atom. The number of carbonyl (C=O) groups is 2. The first-order chi connectivity index (χ1) is 14.7. The van der Waals surface area contributed by atoms with Crippen molar-refractivity contribution in [3.63, 3.8) is 0 Å². The number of nitrogens with zero attached hydrogens (tertiary/aromatic N) is 1. The Morgan fingerprint density at radius 1 is 0.733 bits per heavy atom. The van der Waals surface area contributed by atoms with Crippen LogP contribution in [0.25, 0.3) is 0 Å². The van der Waals surface area contributed by atoms with Crippen LogP contribution in [0.15, 0.2) is 66.0 Å². The first-order valence-corrected chi connectivity index (χ1v) is 11.2. The van der Waals surface area contributed by atoms with E-state index in [9.17, 15) is 9.59 Å². The Hall–Kier alpha value is -3.12. The summed E-state index contributed by atoms with van der Waals surface area (Å²) in [5, 5.41) is 7.64. The summed E-state index contributed by atoms with van der Waals surface area (Å²) in [6, 6.07) is 18.6. The minimum absolute atomic E-state index is 0.147. The van der Waals surface area contributed by atoms with Crippen molar-refractivity contribution in [3.05, 3.63) is 76.5 Å². The van der Waals surface area contributed by atoms with Gasteiger partial charge in [-0.25, -0.2) is 0 Å². The van der Waals surface area contributed by atoms with Crippen molar-refractivity contribution < 1.29 is 9.59 Å². The van der Waals surface area contributed by atoms with Gasteiger partial charge in [0.1, 0.15) is 0 Å². The molecule has 1 saturated heterocycles. The van der Waals surface area contributed by atoms with Crippen LogP contribution in [0.5, 0.6) is 0 Å². The van der Waals surface area contributed by atoms with E-state index in [1.54, 1.807) is 30.3 Å². The zero-order valence-corrected chi connectivity index (χ0v) is 17.6. The molecule has 0 unspecified atom stereocenters. The lowest BCUT2D eigenvalue weighted by molar-refractivity contribution is 0.102. The van der Waals surface area contributed by atoms with Gasteiger partial charge < -0.3 is 15.5 Å². The van der Waals surface area contributed by atoms with Gasteiger partial charge in [0.2, 0.25) is 0 Å². The number of anilines is 3. The standard InChI is InChI=1S/C24H25N3O2S/c28-23(18-7-9-19(10-8-18)26-24(29)22-6-5-17-30-22)25-20-11-13-21(14-12-20)27-15-3-1-2-4-16-27/h5-14,17H,1-4,15-16H2,(H,25,28)(H,26,29). The summed E-state index contributed by atoms with van der Waals surface area (Å²) in [6.07, 6.45) is 5.09. The summed E-state index contributed by atoms with van der Waals surface area (Å²) in [6.45, 7) is 2.20. The molecule has 0 atom stereocenters. The van der Waals surface area contributed by atoms with Crippen LogP contribution in [0.4, 0.5) is 17.1 Å². The molecule has 0 bridgehead atoms. The van der Waals surface area contributed by atoms with Gasteiger partial charge in [-0.05, 0) is 72.8 Å². The number of rotatable bonds is 5. The number of hydrogen-bond donors (Lipinski definition) is 2. The molecule has 30 heavy (non-hydrogen) atoms. The zero-order chi connectivity index (χ0) is 20.8. The minimum atomic E-state index is -0.173. The third kappa shape index (κ3) is 5.07. The highest BCUT2D eigenvalue weighted by Gasteiger charge is 2.11. The molecule has 154 valence electrons. The van der Waals surface area contributed by atoms with E-state index in [0.29, 0.717) is 16.1 Å². The van der Waals surface area contributed by atoms with E-state index in [1.165, 1.54) is 42.7 Å². The third-order valence-corrected chi connectivity index (χ3v) is 6.11. The molecular weight excluding hydrogens is 394 g/mol. The number of amides is 2. The smallest absolute Gasteiger partial charge is 0.265 e. The van der Waals surface area contributed by atoms with Crippen LogP contribution in [0.1, 0.15) is 45.7 Å². The SMILES string of the molecule is O=C(Nc1ccc(N2CCCCCC2)cc1)c1ccc(NC(=O)c2cccs2)cc1. The van der Waals surface area contributed by atoms with Gasteiger partial charge in [-0.2, -0.15) is 0 Å². The minimum Gasteiger partial charge on any atom is -0.372 e. The van der Waals surface area contributed by atoms with Gasteiger partial charge in [0.05, 0.1) is 4.88 Å². The van der Waals surface area contributed by atoms with Crippen LogP contribution in [0, 0.1) is 0 Å². The Morgan fingerprint density at radius 3 is 1.93 bits per heavy atom. The van der Waals surface area contributed by atoms with E-state index >= 15 is 0 Å². The van der Waals surface area contributed by atoms with Crippen LogP contribution in [0.3, 0.4) is 0 Å². The monoisotopic (exact) mass is 419 g/mol. The molecule has 1 aromatic heterocycles. The molecule has 0 radical (unpaired) electrons. The molecule has 0 spiro atoms. The van der Waals surface area contributed by atoms with Crippen LogP contribution < -0.4 is 15.5 Å². The lowest BCUT2D eigenvalue weighted by Gasteiger charge is -2.22. The van der Waals surface area contributed by atoms with Gasteiger partial charge in [-0.15, -0.1) is 11.3 Å². The molecule has 2 N–H and O–H groups in total. The van der Waals surface area contributed by atoms with Crippen molar-refractivity contribution in [2.75, 3.05) is 28.6 Å². The fraction of sp³-hybridized carbons (Fsp3) is 0.250. The maximum atomic E-state index is 12.6. The van der Waals surface area contributed by atoms with Crippen LogP contribution >= 0.6 is 11.3 Å². The molecule has 1 fully saturated rings. The molecule has 0 saturated carbocycles. The highest BCUT2D eigenvalue weighted by Crippen LogP contribution is 2.22. The molecule has 2 heterocycles. The summed E-state index contributed by atoms with van der Waals surface area (Å²) in [5.41, 5.74) is 3.18. The molecule has 1 aliphatic heterocycles. The van der Waals surface area contributed by atoms with Crippen LogP contribution in [-0.4, -0.2) is 24.9 Å². The summed E-state index contributed by atoms with van der Waals surface area (Å²) in [7, 11) is 0. The summed E-state index contributed by atoms with van der Waals surface area (Å²) < 4.78 is 0. The van der Waals surface area contributed by atoms with E-state index in [0.717, 1.165) is 18.8 Å². The van der Waals surface area contributed by atoms with Crippen LogP contribution in [-0.2, 0) is 0 Å². The van der Waals surface area contributed by atoms with Crippen molar-refractivity contribution in [3.8, 4) is 0 Å². The highest BCUT2D eigenvalue weighted by atomic mass is 32.1. The molecule has 1 aliphatic rings. The number of nitrogens with one attached hydrogen (secondary N) is 2. The second kappa shape index (κ2) is 9.59. The number of thiophene rings is 1. The number of carbonyl (C=O) groups excluding carboxylic acids is 2. The Bertz CT molecular complexity index is 974. The Kier molecular flexibility index (Phi) is 6.44. The van der Waals surface area contributed by atoms with Gasteiger partial charge in [-0.1, -0.05) is 18.9 Å². The zero-order valence-electron chi connectivity index (χ0n) is 16.8. The lowest BCUT2D eigenvalue weighted by Crippen LogP contribution is -2.23. The second-order valence-electron chi connectivity index (χ2n) is 7.41. The number of benzene rings is 2. The summed E-state index contributed by atoms with van der Waals surface area (Å²) >= 11 is 1.39. The molecular formula is C24H25N3O2S. The van der Waals surface area contributed by atoms with Crippen molar-refractivity contribution in [1.29, 1.82) is 0 Å². The number of hydrogen-bond acceptors (Lipinski definition) is 4. The van der Waals surface area contributed by atoms with Gasteiger partial charge in [-0.3, -0.25) is 9.59 Å². The van der Waals surface area contributed by atoms with Crippen molar-refractivity contribution in [2.45, 2.75) is 25.7 Å². The van der Waals surface area contributed by atoms with E-state index in [4.69, 9.17) is 0 Å². The van der Waals surface area contributed by atoms with Crippen molar-refractivity contribution in [2.24, 2.45) is 0 Å². The molecule has 0 aliphatic carbocycles. The van der Waals surface area contributed by atoms with Gasteiger partial charge in [0.25, 0.3) is 11.8 Å². The summed E-state index contributed by atoms with van der Waals surface area (Å²) in [4.78, 5) is 27.7.